The smallest absolute Gasteiger partial charge is 0.271 e. The number of amides is 1. The number of hydrogen-bond acceptors (Lipinski definition) is 3. The Kier molecular flexibility index (Phi) is 3.79. The highest BCUT2D eigenvalue weighted by molar-refractivity contribution is 9.10. The number of hydrogen-bond donors (Lipinski definition) is 1. The number of aromatic nitrogens is 2. The summed E-state index contributed by atoms with van der Waals surface area (Å²) >= 11 is 3.23. The molecule has 82 valence electrons. The molecule has 0 spiro atoms. The summed E-state index contributed by atoms with van der Waals surface area (Å²) < 4.78 is 0.608. The molecule has 5 heteroatoms. The molecular weight excluding hydrogens is 258 g/mol. The molecule has 15 heavy (non-hydrogen) atoms. The number of rotatable bonds is 2. The highest BCUT2D eigenvalue weighted by Crippen LogP contribution is 2.13. The van der Waals surface area contributed by atoms with Crippen LogP contribution < -0.4 is 5.32 Å². The van der Waals surface area contributed by atoms with Gasteiger partial charge in [-0.25, -0.2) is 9.97 Å². The topological polar surface area (TPSA) is 54.9 Å². The zero-order valence-corrected chi connectivity index (χ0v) is 10.6. The van der Waals surface area contributed by atoms with Crippen molar-refractivity contribution in [3.63, 3.8) is 0 Å². The standard InChI is InChI=1S/C10H14BrN3O/c1-10(2,3)5-13-9(15)8-7(11)4-12-6-14-8/h4,6H,5H2,1-3H3,(H,13,15). The van der Waals surface area contributed by atoms with E-state index >= 15 is 0 Å². The fourth-order valence-electron chi connectivity index (χ4n) is 0.909. The molecule has 0 unspecified atom stereocenters. The molecule has 0 saturated carbocycles. The molecule has 0 saturated heterocycles. The van der Waals surface area contributed by atoms with Gasteiger partial charge in [0.2, 0.25) is 0 Å². The van der Waals surface area contributed by atoms with Gasteiger partial charge in [0.05, 0.1) is 4.47 Å². The predicted octanol–water partition coefficient (Wildman–Crippen LogP) is 2.02. The van der Waals surface area contributed by atoms with E-state index in [1.807, 2.05) is 0 Å². The van der Waals surface area contributed by atoms with Gasteiger partial charge in [-0.3, -0.25) is 4.79 Å². The van der Waals surface area contributed by atoms with Crippen molar-refractivity contribution in [2.75, 3.05) is 6.54 Å². The van der Waals surface area contributed by atoms with Crippen molar-refractivity contribution in [1.29, 1.82) is 0 Å². The minimum Gasteiger partial charge on any atom is -0.350 e. The lowest BCUT2D eigenvalue weighted by atomic mass is 9.97. The van der Waals surface area contributed by atoms with Crippen LogP contribution in [0, 0.1) is 5.41 Å². The van der Waals surface area contributed by atoms with Crippen LogP contribution in [0.4, 0.5) is 0 Å². The Hall–Kier alpha value is -0.970. The largest absolute Gasteiger partial charge is 0.350 e. The number of halogens is 1. The third kappa shape index (κ3) is 3.95. The summed E-state index contributed by atoms with van der Waals surface area (Å²) in [4.78, 5) is 19.4. The van der Waals surface area contributed by atoms with Crippen molar-refractivity contribution < 1.29 is 4.79 Å². The van der Waals surface area contributed by atoms with Gasteiger partial charge in [-0.2, -0.15) is 0 Å². The van der Waals surface area contributed by atoms with E-state index in [-0.39, 0.29) is 11.3 Å². The Bertz CT molecular complexity index is 360. The van der Waals surface area contributed by atoms with Crippen molar-refractivity contribution in [1.82, 2.24) is 15.3 Å². The third-order valence-electron chi connectivity index (χ3n) is 1.66. The van der Waals surface area contributed by atoms with E-state index in [0.717, 1.165) is 0 Å². The maximum atomic E-state index is 11.7. The minimum absolute atomic E-state index is 0.0646. The molecule has 0 bridgehead atoms. The highest BCUT2D eigenvalue weighted by Gasteiger charge is 2.15. The molecule has 1 heterocycles. The van der Waals surface area contributed by atoms with E-state index in [2.05, 4.69) is 52.0 Å². The molecule has 1 amide bonds. The first-order valence-electron chi connectivity index (χ1n) is 4.64. The van der Waals surface area contributed by atoms with Gasteiger partial charge in [-0.05, 0) is 21.3 Å². The lowest BCUT2D eigenvalue weighted by molar-refractivity contribution is 0.0933. The summed E-state index contributed by atoms with van der Waals surface area (Å²) in [5, 5.41) is 2.82. The van der Waals surface area contributed by atoms with E-state index < -0.39 is 0 Å². The van der Waals surface area contributed by atoms with Crippen LogP contribution in [-0.2, 0) is 0 Å². The van der Waals surface area contributed by atoms with Crippen LogP contribution in [0.1, 0.15) is 31.3 Å². The second-order valence-electron chi connectivity index (χ2n) is 4.46. The molecule has 1 aromatic heterocycles. The van der Waals surface area contributed by atoms with Crippen LogP contribution in [0.3, 0.4) is 0 Å². The molecule has 0 radical (unpaired) electrons. The Morgan fingerprint density at radius 3 is 2.73 bits per heavy atom. The van der Waals surface area contributed by atoms with Crippen LogP contribution in [0.15, 0.2) is 17.0 Å². The minimum atomic E-state index is -0.181. The summed E-state index contributed by atoms with van der Waals surface area (Å²) in [7, 11) is 0. The van der Waals surface area contributed by atoms with E-state index in [9.17, 15) is 4.79 Å². The summed E-state index contributed by atoms with van der Waals surface area (Å²) in [5.41, 5.74) is 0.434. The molecule has 0 aliphatic heterocycles. The number of carbonyl (C=O) groups is 1. The fourth-order valence-corrected chi connectivity index (χ4v) is 1.31. The zero-order chi connectivity index (χ0) is 11.5. The Labute approximate surface area is 97.6 Å². The first-order valence-corrected chi connectivity index (χ1v) is 5.43. The van der Waals surface area contributed by atoms with Crippen molar-refractivity contribution in [3.8, 4) is 0 Å². The molecule has 1 rings (SSSR count). The van der Waals surface area contributed by atoms with E-state index in [4.69, 9.17) is 0 Å². The average molecular weight is 272 g/mol. The Morgan fingerprint density at radius 1 is 1.53 bits per heavy atom. The molecule has 1 aromatic rings. The molecular formula is C10H14BrN3O. The maximum Gasteiger partial charge on any atom is 0.271 e. The maximum absolute atomic E-state index is 11.7. The van der Waals surface area contributed by atoms with Gasteiger partial charge in [-0.1, -0.05) is 20.8 Å². The normalized spacial score (nSPS) is 11.2. The fraction of sp³-hybridized carbons (Fsp3) is 0.500. The van der Waals surface area contributed by atoms with Gasteiger partial charge in [0.15, 0.2) is 0 Å². The summed E-state index contributed by atoms with van der Waals surface area (Å²) in [5.74, 6) is -0.181. The lowest BCUT2D eigenvalue weighted by Crippen LogP contribution is -2.32. The zero-order valence-electron chi connectivity index (χ0n) is 9.04. The number of nitrogens with zero attached hydrogens (tertiary/aromatic N) is 2. The van der Waals surface area contributed by atoms with E-state index in [1.54, 1.807) is 6.20 Å². The van der Waals surface area contributed by atoms with Crippen LogP contribution in [0.25, 0.3) is 0 Å². The van der Waals surface area contributed by atoms with Crippen LogP contribution in [0.2, 0.25) is 0 Å². The molecule has 0 aliphatic rings. The van der Waals surface area contributed by atoms with Crippen molar-refractivity contribution in [2.24, 2.45) is 5.41 Å². The molecule has 0 atom stereocenters. The van der Waals surface area contributed by atoms with Crippen LogP contribution in [-0.4, -0.2) is 22.4 Å². The first kappa shape index (κ1) is 12.1. The van der Waals surface area contributed by atoms with Gasteiger partial charge in [0.25, 0.3) is 5.91 Å². The monoisotopic (exact) mass is 271 g/mol. The lowest BCUT2D eigenvalue weighted by Gasteiger charge is -2.18. The predicted molar refractivity (Wildman–Crippen MR) is 61.5 cm³/mol. The second kappa shape index (κ2) is 4.70. The number of nitrogens with one attached hydrogen (secondary N) is 1. The van der Waals surface area contributed by atoms with Gasteiger partial charge in [0.1, 0.15) is 12.0 Å². The highest BCUT2D eigenvalue weighted by atomic mass is 79.9. The van der Waals surface area contributed by atoms with E-state index in [0.29, 0.717) is 16.7 Å². The quantitative estimate of drug-likeness (QED) is 0.896. The molecule has 4 nitrogen and oxygen atoms in total. The summed E-state index contributed by atoms with van der Waals surface area (Å²) in [6, 6.07) is 0. The van der Waals surface area contributed by atoms with Crippen molar-refractivity contribution in [2.45, 2.75) is 20.8 Å². The summed E-state index contributed by atoms with van der Waals surface area (Å²) in [6.07, 6.45) is 2.91. The summed E-state index contributed by atoms with van der Waals surface area (Å²) in [6.45, 7) is 6.79. The average Bonchev–Trinajstić information content (AvgIpc) is 2.14. The third-order valence-corrected chi connectivity index (χ3v) is 2.24. The first-order chi connectivity index (χ1) is 6.90. The van der Waals surface area contributed by atoms with Gasteiger partial charge >= 0.3 is 0 Å². The molecule has 0 fully saturated rings. The van der Waals surface area contributed by atoms with Crippen LogP contribution >= 0.6 is 15.9 Å². The molecule has 0 aromatic carbocycles. The van der Waals surface area contributed by atoms with E-state index in [1.165, 1.54) is 6.33 Å². The Balaban J connectivity index is 2.66. The molecule has 1 N–H and O–H groups in total. The van der Waals surface area contributed by atoms with Gasteiger partial charge in [0, 0.05) is 12.7 Å². The van der Waals surface area contributed by atoms with Crippen molar-refractivity contribution in [3.05, 3.63) is 22.7 Å². The Morgan fingerprint density at radius 2 is 2.20 bits per heavy atom. The van der Waals surface area contributed by atoms with Crippen molar-refractivity contribution >= 4 is 21.8 Å². The van der Waals surface area contributed by atoms with Gasteiger partial charge in [-0.15, -0.1) is 0 Å². The van der Waals surface area contributed by atoms with Crippen LogP contribution in [0.5, 0.6) is 0 Å². The SMILES string of the molecule is CC(C)(C)CNC(=O)c1ncncc1Br. The number of carbonyl (C=O) groups excluding carboxylic acids is 1. The molecule has 0 aliphatic carbocycles. The second-order valence-corrected chi connectivity index (χ2v) is 5.32. The van der Waals surface area contributed by atoms with Gasteiger partial charge < -0.3 is 5.32 Å².